The fourth-order valence-electron chi connectivity index (χ4n) is 0.930. The van der Waals surface area contributed by atoms with Gasteiger partial charge in [0.15, 0.2) is 4.90 Å². The van der Waals surface area contributed by atoms with Gasteiger partial charge in [-0.2, -0.15) is 0 Å². The molecule has 1 radical (unpaired) electrons. The second-order valence-corrected chi connectivity index (χ2v) is 3.59. The Balaban J connectivity index is 3.02. The van der Waals surface area contributed by atoms with Crippen LogP contribution in [-0.4, -0.2) is 10.8 Å². The van der Waals surface area contributed by atoms with Crippen LogP contribution in [0.1, 0.15) is 5.56 Å². The van der Waals surface area contributed by atoms with Crippen LogP contribution >= 0.6 is 0 Å². The third kappa shape index (κ3) is 1.96. The van der Waals surface area contributed by atoms with Crippen molar-refractivity contribution in [2.24, 2.45) is 0 Å². The van der Waals surface area contributed by atoms with Crippen LogP contribution in [-0.2, 0) is 17.7 Å². The maximum absolute atomic E-state index is 11.1. The van der Waals surface area contributed by atoms with Crippen molar-refractivity contribution in [2.75, 3.05) is 6.26 Å². The summed E-state index contributed by atoms with van der Waals surface area (Å²) in [6.07, 6.45) is 1.63. The Morgan fingerprint density at radius 3 is 2.55 bits per heavy atom. The van der Waals surface area contributed by atoms with Gasteiger partial charge in [0, 0.05) is 12.1 Å². The molecule has 1 aromatic carbocycles. The molecule has 0 amide bonds. The van der Waals surface area contributed by atoms with Crippen molar-refractivity contribution in [1.29, 1.82) is 0 Å². The summed E-state index contributed by atoms with van der Waals surface area (Å²) in [6.45, 7) is 0.204. The van der Waals surface area contributed by atoms with Crippen molar-refractivity contribution >= 4 is 11.2 Å². The molecule has 1 aromatic rings. The van der Waals surface area contributed by atoms with E-state index in [0.717, 1.165) is 10.5 Å². The Hall–Kier alpha value is -0.510. The predicted octanol–water partition coefficient (Wildman–Crippen LogP) is 1.21. The van der Waals surface area contributed by atoms with Crippen LogP contribution < -0.4 is 5.73 Å². The van der Waals surface area contributed by atoms with Crippen LogP contribution in [0.2, 0.25) is 0 Å². The van der Waals surface area contributed by atoms with Crippen LogP contribution in [0, 0.1) is 0 Å². The minimum absolute atomic E-state index is 0.204. The van der Waals surface area contributed by atoms with Crippen LogP contribution in [0.5, 0.6) is 0 Å². The molecule has 0 heterocycles. The predicted molar refractivity (Wildman–Crippen MR) is 45.6 cm³/mol. The lowest BCUT2D eigenvalue weighted by molar-refractivity contribution is 0.599. The third-order valence-corrected chi connectivity index (χ3v) is 2.49. The first kappa shape index (κ1) is 8.59. The summed E-state index contributed by atoms with van der Waals surface area (Å²) in [7, 11) is 0. The summed E-state index contributed by atoms with van der Waals surface area (Å²) >= 11 is -0.960. The summed E-state index contributed by atoms with van der Waals surface area (Å²) < 4.78 is 11.1. The molecule has 0 saturated heterocycles. The zero-order valence-electron chi connectivity index (χ0n) is 6.33. The molecule has 0 spiro atoms. The molecule has 0 aliphatic rings. The van der Waals surface area contributed by atoms with Crippen LogP contribution in [0.15, 0.2) is 29.2 Å². The normalized spacial score (nSPS) is 13.0. The van der Waals surface area contributed by atoms with E-state index in [-0.39, 0.29) is 6.54 Å². The van der Waals surface area contributed by atoms with E-state index in [1.54, 1.807) is 12.3 Å². The molecule has 1 N–H and O–H groups in total. The first-order valence-corrected chi connectivity index (χ1v) is 4.87. The summed E-state index contributed by atoms with van der Waals surface area (Å²) in [4.78, 5) is 0.780. The van der Waals surface area contributed by atoms with Gasteiger partial charge in [-0.05, 0) is 17.2 Å². The highest BCUT2D eigenvalue weighted by atomic mass is 32.2. The van der Waals surface area contributed by atoms with E-state index in [1.165, 1.54) is 0 Å². The van der Waals surface area contributed by atoms with Gasteiger partial charge in [0.1, 0.15) is 6.26 Å². The van der Waals surface area contributed by atoms with Gasteiger partial charge in [-0.3, -0.25) is 5.73 Å². The average molecular weight is 168 g/mol. The number of benzene rings is 1. The minimum atomic E-state index is -0.960. The van der Waals surface area contributed by atoms with Crippen LogP contribution in [0.3, 0.4) is 0 Å². The van der Waals surface area contributed by atoms with E-state index >= 15 is 0 Å². The summed E-state index contributed by atoms with van der Waals surface area (Å²) in [5, 5.41) is 0. The quantitative estimate of drug-likeness (QED) is 0.612. The van der Waals surface area contributed by atoms with Crippen molar-refractivity contribution < 1.29 is 4.55 Å². The maximum Gasteiger partial charge on any atom is 0.156 e. The number of hydrogen-bond acceptors (Lipinski definition) is 1. The molecule has 0 bridgehead atoms. The molecule has 1 unspecified atom stereocenters. The molecule has 2 nitrogen and oxygen atoms in total. The minimum Gasteiger partial charge on any atom is -0.612 e. The molecular weight excluding hydrogens is 158 g/mol. The van der Waals surface area contributed by atoms with Gasteiger partial charge in [0.25, 0.3) is 0 Å². The number of hydrogen-bond donors (Lipinski definition) is 0. The highest BCUT2D eigenvalue weighted by Crippen LogP contribution is 2.14. The summed E-state index contributed by atoms with van der Waals surface area (Å²) in [5.74, 6) is 0. The van der Waals surface area contributed by atoms with Gasteiger partial charge in [-0.1, -0.05) is 18.2 Å². The molecule has 0 fully saturated rings. The second-order valence-electron chi connectivity index (χ2n) is 2.24. The standard InChI is InChI=1S/C8H10NOS/c1-11(10)8-5-3-2-4-7(8)6-9/h2-5,9H,6H2,1H3. The highest BCUT2D eigenvalue weighted by molar-refractivity contribution is 7.90. The second kappa shape index (κ2) is 3.76. The van der Waals surface area contributed by atoms with Crippen molar-refractivity contribution in [2.45, 2.75) is 11.4 Å². The molecule has 0 saturated carbocycles. The number of rotatable bonds is 2. The summed E-state index contributed by atoms with van der Waals surface area (Å²) in [6, 6.07) is 7.35. The smallest absolute Gasteiger partial charge is 0.156 e. The van der Waals surface area contributed by atoms with Crippen LogP contribution in [0.25, 0.3) is 0 Å². The van der Waals surface area contributed by atoms with Crippen molar-refractivity contribution in [3.8, 4) is 0 Å². The van der Waals surface area contributed by atoms with E-state index in [4.69, 9.17) is 5.73 Å². The Morgan fingerprint density at radius 1 is 1.45 bits per heavy atom. The third-order valence-electron chi connectivity index (χ3n) is 1.47. The molecular formula is C8H10NOS. The fraction of sp³-hybridized carbons (Fsp3) is 0.250. The van der Waals surface area contributed by atoms with Gasteiger partial charge in [-0.15, -0.1) is 0 Å². The molecule has 0 aromatic heterocycles. The SMILES string of the molecule is C[S+]([O-])c1ccccc1C[NH]. The van der Waals surface area contributed by atoms with Gasteiger partial charge in [0.05, 0.1) is 0 Å². The molecule has 59 valence electrons. The molecule has 1 atom stereocenters. The van der Waals surface area contributed by atoms with Crippen molar-refractivity contribution in [3.05, 3.63) is 29.8 Å². The Kier molecular flexibility index (Phi) is 2.93. The topological polar surface area (TPSA) is 46.9 Å². The van der Waals surface area contributed by atoms with Gasteiger partial charge < -0.3 is 4.55 Å². The van der Waals surface area contributed by atoms with Gasteiger partial charge >= 0.3 is 0 Å². The first-order valence-electron chi connectivity index (χ1n) is 3.31. The van der Waals surface area contributed by atoms with Crippen molar-refractivity contribution in [1.82, 2.24) is 5.73 Å². The lowest BCUT2D eigenvalue weighted by Crippen LogP contribution is -2.02. The Bertz CT molecular complexity index is 237. The fourth-order valence-corrected chi connectivity index (χ4v) is 1.71. The molecule has 11 heavy (non-hydrogen) atoms. The summed E-state index contributed by atoms with van der Waals surface area (Å²) in [5.41, 5.74) is 8.00. The first-order chi connectivity index (χ1) is 5.25. The maximum atomic E-state index is 11.1. The van der Waals surface area contributed by atoms with Crippen molar-refractivity contribution in [3.63, 3.8) is 0 Å². The lowest BCUT2D eigenvalue weighted by Gasteiger charge is -2.07. The largest absolute Gasteiger partial charge is 0.612 e. The Labute approximate surface area is 69.6 Å². The zero-order valence-corrected chi connectivity index (χ0v) is 7.15. The monoisotopic (exact) mass is 168 g/mol. The molecule has 3 heteroatoms. The zero-order chi connectivity index (χ0) is 8.27. The highest BCUT2D eigenvalue weighted by Gasteiger charge is 2.08. The van der Waals surface area contributed by atoms with E-state index in [0.29, 0.717) is 0 Å². The van der Waals surface area contributed by atoms with E-state index in [2.05, 4.69) is 0 Å². The lowest BCUT2D eigenvalue weighted by atomic mass is 10.2. The van der Waals surface area contributed by atoms with E-state index < -0.39 is 11.2 Å². The average Bonchev–Trinajstić information content (AvgIpc) is 2.04. The van der Waals surface area contributed by atoms with E-state index in [9.17, 15) is 4.55 Å². The Morgan fingerprint density at radius 2 is 2.09 bits per heavy atom. The van der Waals surface area contributed by atoms with Gasteiger partial charge in [0.2, 0.25) is 0 Å². The molecule has 1 rings (SSSR count). The molecule has 0 aliphatic carbocycles. The van der Waals surface area contributed by atoms with Crippen LogP contribution in [0.4, 0.5) is 0 Å². The van der Waals surface area contributed by atoms with E-state index in [1.807, 2.05) is 18.2 Å². The van der Waals surface area contributed by atoms with Gasteiger partial charge in [-0.25, -0.2) is 0 Å². The molecule has 0 aliphatic heterocycles. The number of nitrogens with one attached hydrogen (secondary N) is 1.